The molecule has 0 aromatic heterocycles. The highest BCUT2D eigenvalue weighted by atomic mass is 31.1. The van der Waals surface area contributed by atoms with Gasteiger partial charge in [0.05, 0.1) is 6.42 Å². The maximum absolute atomic E-state index is 9.70. The standard InChI is InChI=1S/C3H5O4P/c4-3(5)1-2-7-8-6/h8H,1-2H2/p+1. The molecule has 0 saturated heterocycles. The fourth-order valence-electron chi connectivity index (χ4n) is 0.180. The third kappa shape index (κ3) is 5.53. The Morgan fingerprint density at radius 2 is 2.38 bits per heavy atom. The molecular formula is C3H6O4P+. The zero-order chi connectivity index (χ0) is 6.41. The van der Waals surface area contributed by atoms with E-state index in [0.29, 0.717) is 0 Å². The maximum atomic E-state index is 9.70. The highest BCUT2D eigenvalue weighted by Gasteiger charge is 1.97. The van der Waals surface area contributed by atoms with Crippen LogP contribution >= 0.6 is 8.69 Å². The topological polar surface area (TPSA) is 63.6 Å². The van der Waals surface area contributed by atoms with Gasteiger partial charge in [0, 0.05) is 0 Å². The summed E-state index contributed by atoms with van der Waals surface area (Å²) < 4.78 is 13.8. The zero-order valence-corrected chi connectivity index (χ0v) is 5.09. The van der Waals surface area contributed by atoms with Crippen molar-refractivity contribution in [1.82, 2.24) is 0 Å². The first kappa shape index (κ1) is 7.53. The molecule has 4 nitrogen and oxygen atoms in total. The Morgan fingerprint density at radius 3 is 2.75 bits per heavy atom. The number of aliphatic carboxylic acids is 1. The normalized spacial score (nSPS) is 9.50. The molecule has 0 amide bonds. The molecule has 0 radical (unpaired) electrons. The van der Waals surface area contributed by atoms with Gasteiger partial charge in [0.15, 0.2) is 0 Å². The molecule has 0 fully saturated rings. The molecule has 0 saturated carbocycles. The summed E-state index contributed by atoms with van der Waals surface area (Å²) in [6.07, 6.45) is -0.0881. The van der Waals surface area contributed by atoms with Gasteiger partial charge in [-0.2, -0.15) is 0 Å². The van der Waals surface area contributed by atoms with Crippen molar-refractivity contribution in [2.75, 3.05) is 6.61 Å². The van der Waals surface area contributed by atoms with Gasteiger partial charge in [-0.25, -0.2) is 0 Å². The summed E-state index contributed by atoms with van der Waals surface area (Å²) in [5, 5.41) is 7.96. The first-order valence-corrected chi connectivity index (χ1v) is 2.79. The highest BCUT2D eigenvalue weighted by Crippen LogP contribution is 1.94. The van der Waals surface area contributed by atoms with E-state index in [-0.39, 0.29) is 13.0 Å². The third-order valence-corrected chi connectivity index (χ3v) is 0.799. The van der Waals surface area contributed by atoms with Crippen molar-refractivity contribution in [3.8, 4) is 0 Å². The summed E-state index contributed by atoms with van der Waals surface area (Å²) in [5.41, 5.74) is 0. The van der Waals surface area contributed by atoms with Crippen molar-refractivity contribution in [2.24, 2.45) is 0 Å². The van der Waals surface area contributed by atoms with Gasteiger partial charge in [0.1, 0.15) is 6.61 Å². The minimum absolute atomic E-state index is 0.0251. The van der Waals surface area contributed by atoms with Crippen LogP contribution in [-0.2, 0) is 13.9 Å². The summed E-state index contributed by atoms with van der Waals surface area (Å²) in [5.74, 6) is -0.941. The molecule has 5 heteroatoms. The number of carboxylic acids is 1. The van der Waals surface area contributed by atoms with Gasteiger partial charge in [-0.1, -0.05) is 0 Å². The number of carbonyl (C=O) groups is 1. The lowest BCUT2D eigenvalue weighted by atomic mass is 10.5. The maximum Gasteiger partial charge on any atom is 0.494 e. The number of rotatable bonds is 4. The Morgan fingerprint density at radius 1 is 1.75 bits per heavy atom. The van der Waals surface area contributed by atoms with E-state index in [4.69, 9.17) is 5.11 Å². The number of hydrogen-bond acceptors (Lipinski definition) is 3. The predicted molar refractivity (Wildman–Crippen MR) is 27.2 cm³/mol. The van der Waals surface area contributed by atoms with E-state index in [0.717, 1.165) is 0 Å². The summed E-state index contributed by atoms with van der Waals surface area (Å²) in [4.78, 5) is 9.70. The molecule has 0 bridgehead atoms. The van der Waals surface area contributed by atoms with Gasteiger partial charge in [0.25, 0.3) is 0 Å². The molecule has 0 aliphatic heterocycles. The molecule has 8 heavy (non-hydrogen) atoms. The van der Waals surface area contributed by atoms with Crippen LogP contribution in [-0.4, -0.2) is 17.7 Å². The Kier molecular flexibility index (Phi) is 4.41. The average molecular weight is 137 g/mol. The van der Waals surface area contributed by atoms with Gasteiger partial charge in [-0.05, 0) is 4.57 Å². The second kappa shape index (κ2) is 4.68. The molecule has 1 N–H and O–H groups in total. The second-order valence-electron chi connectivity index (χ2n) is 1.08. The SMILES string of the molecule is O=[PH+]OCCC(=O)O. The summed E-state index contributed by atoms with van der Waals surface area (Å²) >= 11 is 0. The van der Waals surface area contributed by atoms with Crippen LogP contribution in [0.3, 0.4) is 0 Å². The van der Waals surface area contributed by atoms with E-state index >= 15 is 0 Å². The minimum Gasteiger partial charge on any atom is -0.481 e. The second-order valence-corrected chi connectivity index (χ2v) is 1.53. The Labute approximate surface area is 47.7 Å². The molecule has 46 valence electrons. The third-order valence-electron chi connectivity index (χ3n) is 0.477. The van der Waals surface area contributed by atoms with Crippen LogP contribution in [0.25, 0.3) is 0 Å². The van der Waals surface area contributed by atoms with E-state index in [2.05, 4.69) is 4.52 Å². The van der Waals surface area contributed by atoms with Crippen LogP contribution < -0.4 is 0 Å². The zero-order valence-electron chi connectivity index (χ0n) is 4.09. The minimum atomic E-state index is -0.941. The Hall–Kier alpha value is -0.470. The lowest BCUT2D eigenvalue weighted by molar-refractivity contribution is -0.137. The van der Waals surface area contributed by atoms with Crippen LogP contribution in [0.5, 0.6) is 0 Å². The molecule has 0 aliphatic carbocycles. The van der Waals surface area contributed by atoms with Gasteiger partial charge in [0.2, 0.25) is 0 Å². The number of hydrogen-bond donors (Lipinski definition) is 1. The predicted octanol–water partition coefficient (Wildman–Crippen LogP) is 0.417. The van der Waals surface area contributed by atoms with Crippen molar-refractivity contribution < 1.29 is 19.0 Å². The van der Waals surface area contributed by atoms with E-state index < -0.39 is 14.7 Å². The fourth-order valence-corrected chi connectivity index (χ4v) is 0.365. The summed E-state index contributed by atoms with van der Waals surface area (Å²) in [7, 11) is -0.856. The lowest BCUT2D eigenvalue weighted by Gasteiger charge is -1.81. The fraction of sp³-hybridized carbons (Fsp3) is 0.667. The first-order chi connectivity index (χ1) is 3.77. The van der Waals surface area contributed by atoms with E-state index in [1.165, 1.54) is 0 Å². The van der Waals surface area contributed by atoms with Crippen LogP contribution in [0.1, 0.15) is 6.42 Å². The Balaban J connectivity index is 2.93. The van der Waals surface area contributed by atoms with E-state index in [1.54, 1.807) is 0 Å². The summed E-state index contributed by atoms with van der Waals surface area (Å²) in [6, 6.07) is 0. The lowest BCUT2D eigenvalue weighted by Crippen LogP contribution is -1.97. The molecular weight excluding hydrogens is 131 g/mol. The van der Waals surface area contributed by atoms with Gasteiger partial charge < -0.3 is 5.11 Å². The molecule has 0 aromatic carbocycles. The van der Waals surface area contributed by atoms with Crippen molar-refractivity contribution in [3.05, 3.63) is 0 Å². The Bertz CT molecular complexity index is 91.3. The van der Waals surface area contributed by atoms with Crippen LogP contribution in [0.15, 0.2) is 0 Å². The van der Waals surface area contributed by atoms with Crippen LogP contribution in [0.4, 0.5) is 0 Å². The van der Waals surface area contributed by atoms with Crippen molar-refractivity contribution >= 4 is 14.7 Å². The van der Waals surface area contributed by atoms with Crippen LogP contribution in [0, 0.1) is 0 Å². The first-order valence-electron chi connectivity index (χ1n) is 1.98. The highest BCUT2D eigenvalue weighted by molar-refractivity contribution is 7.17. The molecule has 0 heterocycles. The molecule has 0 spiro atoms. The summed E-state index contributed by atoms with van der Waals surface area (Å²) in [6.45, 7) is 0.0251. The van der Waals surface area contributed by atoms with E-state index in [1.807, 2.05) is 0 Å². The van der Waals surface area contributed by atoms with Crippen molar-refractivity contribution in [2.45, 2.75) is 6.42 Å². The van der Waals surface area contributed by atoms with Gasteiger partial charge in [-0.15, -0.1) is 4.52 Å². The largest absolute Gasteiger partial charge is 0.494 e. The van der Waals surface area contributed by atoms with Crippen LogP contribution in [0.2, 0.25) is 0 Å². The number of carboxylic acid groups (broad SMARTS) is 1. The molecule has 0 aromatic rings. The van der Waals surface area contributed by atoms with Crippen molar-refractivity contribution in [3.63, 3.8) is 0 Å². The van der Waals surface area contributed by atoms with Gasteiger partial charge >= 0.3 is 14.7 Å². The smallest absolute Gasteiger partial charge is 0.481 e. The molecule has 1 unspecified atom stereocenters. The average Bonchev–Trinajstić information content (AvgIpc) is 1.66. The van der Waals surface area contributed by atoms with Crippen molar-refractivity contribution in [1.29, 1.82) is 0 Å². The van der Waals surface area contributed by atoms with Gasteiger partial charge in [-0.3, -0.25) is 4.79 Å². The quantitative estimate of drug-likeness (QED) is 0.450. The monoisotopic (exact) mass is 137 g/mol. The molecule has 0 aliphatic rings. The molecule has 0 rings (SSSR count). The molecule has 1 atom stereocenters. The van der Waals surface area contributed by atoms with E-state index in [9.17, 15) is 9.36 Å².